The van der Waals surface area contributed by atoms with Crippen LogP contribution in [0, 0.1) is 17.8 Å². The fourth-order valence-electron chi connectivity index (χ4n) is 2.12. The van der Waals surface area contributed by atoms with Crippen molar-refractivity contribution >= 4 is 5.91 Å². The summed E-state index contributed by atoms with van der Waals surface area (Å²) in [4.78, 5) is 14.1. The van der Waals surface area contributed by atoms with Crippen LogP contribution in [0.1, 0.15) is 40.0 Å². The summed E-state index contributed by atoms with van der Waals surface area (Å²) in [7, 11) is 2.17. The molecular formula is C14H28N2O. The van der Waals surface area contributed by atoms with E-state index < -0.39 is 0 Å². The lowest BCUT2D eigenvalue weighted by Crippen LogP contribution is -2.37. The Balaban J connectivity index is 2.15. The Morgan fingerprint density at radius 2 is 1.88 bits per heavy atom. The number of nitrogens with zero attached hydrogens (tertiary/aromatic N) is 1. The molecule has 1 fully saturated rings. The first-order valence-corrected chi connectivity index (χ1v) is 6.94. The highest BCUT2D eigenvalue weighted by atomic mass is 16.1. The van der Waals surface area contributed by atoms with E-state index >= 15 is 0 Å². The molecule has 0 bridgehead atoms. The minimum Gasteiger partial charge on any atom is -0.356 e. The average Bonchev–Trinajstić information content (AvgIpc) is 2.28. The SMILES string of the molecule is CC(C)C(C)CC(=O)NCC1CCN(C)CC1. The molecule has 1 aliphatic heterocycles. The standard InChI is InChI=1S/C14H28N2O/c1-11(2)12(3)9-14(17)15-10-13-5-7-16(4)8-6-13/h11-13H,5-10H2,1-4H3,(H,15,17). The van der Waals surface area contributed by atoms with Crippen LogP contribution in [-0.2, 0) is 4.79 Å². The summed E-state index contributed by atoms with van der Waals surface area (Å²) in [5, 5.41) is 3.10. The molecule has 17 heavy (non-hydrogen) atoms. The van der Waals surface area contributed by atoms with Crippen molar-refractivity contribution in [2.24, 2.45) is 17.8 Å². The van der Waals surface area contributed by atoms with E-state index in [1.807, 2.05) is 0 Å². The van der Waals surface area contributed by atoms with Crippen LogP contribution in [0.2, 0.25) is 0 Å². The Hall–Kier alpha value is -0.570. The maximum Gasteiger partial charge on any atom is 0.220 e. The second kappa shape index (κ2) is 7.00. The van der Waals surface area contributed by atoms with Gasteiger partial charge in [-0.3, -0.25) is 4.79 Å². The molecule has 0 aromatic carbocycles. The number of carbonyl (C=O) groups is 1. The molecule has 1 amide bonds. The van der Waals surface area contributed by atoms with Gasteiger partial charge in [-0.2, -0.15) is 0 Å². The maximum absolute atomic E-state index is 11.7. The van der Waals surface area contributed by atoms with Crippen molar-refractivity contribution in [3.05, 3.63) is 0 Å². The van der Waals surface area contributed by atoms with Gasteiger partial charge in [0.15, 0.2) is 0 Å². The van der Waals surface area contributed by atoms with Gasteiger partial charge in [0.2, 0.25) is 5.91 Å². The van der Waals surface area contributed by atoms with Crippen LogP contribution in [0.5, 0.6) is 0 Å². The van der Waals surface area contributed by atoms with Gasteiger partial charge in [-0.25, -0.2) is 0 Å². The molecule has 1 saturated heterocycles. The van der Waals surface area contributed by atoms with E-state index in [9.17, 15) is 4.79 Å². The number of rotatable bonds is 5. The summed E-state index contributed by atoms with van der Waals surface area (Å²) in [5.74, 6) is 1.98. The highest BCUT2D eigenvalue weighted by Gasteiger charge is 2.18. The monoisotopic (exact) mass is 240 g/mol. The first kappa shape index (κ1) is 14.5. The van der Waals surface area contributed by atoms with Crippen molar-refractivity contribution in [2.75, 3.05) is 26.7 Å². The van der Waals surface area contributed by atoms with Crippen LogP contribution >= 0.6 is 0 Å². The zero-order chi connectivity index (χ0) is 12.8. The van der Waals surface area contributed by atoms with Gasteiger partial charge in [-0.05, 0) is 50.7 Å². The lowest BCUT2D eigenvalue weighted by atomic mass is 9.94. The van der Waals surface area contributed by atoms with Crippen molar-refractivity contribution in [2.45, 2.75) is 40.0 Å². The molecule has 0 spiro atoms. The highest BCUT2D eigenvalue weighted by Crippen LogP contribution is 2.16. The lowest BCUT2D eigenvalue weighted by Gasteiger charge is -2.29. The van der Waals surface area contributed by atoms with Gasteiger partial charge < -0.3 is 10.2 Å². The van der Waals surface area contributed by atoms with Crippen molar-refractivity contribution in [3.8, 4) is 0 Å². The molecule has 0 aliphatic carbocycles. The van der Waals surface area contributed by atoms with Crippen LogP contribution in [-0.4, -0.2) is 37.5 Å². The fourth-order valence-corrected chi connectivity index (χ4v) is 2.12. The van der Waals surface area contributed by atoms with E-state index in [1.165, 1.54) is 25.9 Å². The Morgan fingerprint density at radius 1 is 1.29 bits per heavy atom. The van der Waals surface area contributed by atoms with Crippen molar-refractivity contribution in [1.82, 2.24) is 10.2 Å². The molecule has 1 aliphatic rings. The molecule has 0 aromatic rings. The van der Waals surface area contributed by atoms with E-state index in [-0.39, 0.29) is 5.91 Å². The molecule has 1 rings (SSSR count). The van der Waals surface area contributed by atoms with Gasteiger partial charge in [0.25, 0.3) is 0 Å². The fraction of sp³-hybridized carbons (Fsp3) is 0.929. The Labute approximate surface area is 106 Å². The number of hydrogen-bond donors (Lipinski definition) is 1. The van der Waals surface area contributed by atoms with Gasteiger partial charge >= 0.3 is 0 Å². The number of amides is 1. The maximum atomic E-state index is 11.7. The molecule has 0 saturated carbocycles. The zero-order valence-corrected chi connectivity index (χ0v) is 11.8. The van der Waals surface area contributed by atoms with E-state index in [0.717, 1.165) is 6.54 Å². The topological polar surface area (TPSA) is 32.3 Å². The predicted octanol–water partition coefficient (Wildman–Crippen LogP) is 2.13. The minimum atomic E-state index is 0.227. The number of piperidine rings is 1. The zero-order valence-electron chi connectivity index (χ0n) is 11.8. The third kappa shape index (κ3) is 5.53. The van der Waals surface area contributed by atoms with Crippen molar-refractivity contribution < 1.29 is 4.79 Å². The Kier molecular flexibility index (Phi) is 5.96. The van der Waals surface area contributed by atoms with Gasteiger partial charge in [0.1, 0.15) is 0 Å². The molecule has 1 atom stereocenters. The molecular weight excluding hydrogens is 212 g/mol. The van der Waals surface area contributed by atoms with Gasteiger partial charge in [-0.15, -0.1) is 0 Å². The summed E-state index contributed by atoms with van der Waals surface area (Å²) in [6, 6.07) is 0. The second-order valence-electron chi connectivity index (χ2n) is 5.98. The van der Waals surface area contributed by atoms with Gasteiger partial charge in [0.05, 0.1) is 0 Å². The average molecular weight is 240 g/mol. The van der Waals surface area contributed by atoms with Crippen molar-refractivity contribution in [1.29, 1.82) is 0 Å². The summed E-state index contributed by atoms with van der Waals surface area (Å²) in [6.45, 7) is 9.72. The number of hydrogen-bond acceptors (Lipinski definition) is 2. The third-order valence-electron chi connectivity index (χ3n) is 4.07. The summed E-state index contributed by atoms with van der Waals surface area (Å²) < 4.78 is 0. The summed E-state index contributed by atoms with van der Waals surface area (Å²) in [5.41, 5.74) is 0. The predicted molar refractivity (Wildman–Crippen MR) is 71.8 cm³/mol. The third-order valence-corrected chi connectivity index (χ3v) is 4.07. The van der Waals surface area contributed by atoms with Crippen molar-refractivity contribution in [3.63, 3.8) is 0 Å². The first-order valence-electron chi connectivity index (χ1n) is 6.94. The number of carbonyl (C=O) groups excluding carboxylic acids is 1. The van der Waals surface area contributed by atoms with Crippen LogP contribution in [0.15, 0.2) is 0 Å². The van der Waals surface area contributed by atoms with E-state index in [1.54, 1.807) is 0 Å². The van der Waals surface area contributed by atoms with E-state index in [2.05, 4.69) is 38.0 Å². The highest BCUT2D eigenvalue weighted by molar-refractivity contribution is 5.76. The van der Waals surface area contributed by atoms with Gasteiger partial charge in [0, 0.05) is 13.0 Å². The summed E-state index contributed by atoms with van der Waals surface area (Å²) in [6.07, 6.45) is 3.11. The quantitative estimate of drug-likeness (QED) is 0.798. The van der Waals surface area contributed by atoms with Crippen LogP contribution in [0.3, 0.4) is 0 Å². The molecule has 0 aromatic heterocycles. The normalized spacial score (nSPS) is 20.5. The smallest absolute Gasteiger partial charge is 0.220 e. The first-order chi connectivity index (χ1) is 7.99. The minimum absolute atomic E-state index is 0.227. The largest absolute Gasteiger partial charge is 0.356 e. The summed E-state index contributed by atoms with van der Waals surface area (Å²) >= 11 is 0. The Bertz CT molecular complexity index is 232. The molecule has 100 valence electrons. The Morgan fingerprint density at radius 3 is 2.41 bits per heavy atom. The van der Waals surface area contributed by atoms with E-state index in [0.29, 0.717) is 24.2 Å². The molecule has 3 heteroatoms. The molecule has 3 nitrogen and oxygen atoms in total. The van der Waals surface area contributed by atoms with Gasteiger partial charge in [-0.1, -0.05) is 20.8 Å². The van der Waals surface area contributed by atoms with E-state index in [4.69, 9.17) is 0 Å². The van der Waals surface area contributed by atoms with Crippen LogP contribution in [0.4, 0.5) is 0 Å². The molecule has 0 radical (unpaired) electrons. The van der Waals surface area contributed by atoms with Crippen LogP contribution < -0.4 is 5.32 Å². The number of likely N-dealkylation sites (tertiary alicyclic amines) is 1. The number of nitrogens with one attached hydrogen (secondary N) is 1. The molecule has 1 heterocycles. The lowest BCUT2D eigenvalue weighted by molar-refractivity contribution is -0.122. The second-order valence-corrected chi connectivity index (χ2v) is 5.98. The molecule has 1 unspecified atom stereocenters. The van der Waals surface area contributed by atoms with Crippen LogP contribution in [0.25, 0.3) is 0 Å². The molecule has 1 N–H and O–H groups in total.